The fourth-order valence-corrected chi connectivity index (χ4v) is 2.89. The maximum Gasteiger partial charge on any atom is 0.191 e. The SMILES string of the molecule is CN=C(NCc1ccccc1F)NC1CC1c1ccccc1C. The van der Waals surface area contributed by atoms with Crippen molar-refractivity contribution >= 4 is 5.96 Å². The molecule has 0 saturated heterocycles. The van der Waals surface area contributed by atoms with E-state index in [9.17, 15) is 4.39 Å². The van der Waals surface area contributed by atoms with E-state index in [1.54, 1.807) is 19.2 Å². The van der Waals surface area contributed by atoms with Crippen LogP contribution in [0.3, 0.4) is 0 Å². The predicted octanol–water partition coefficient (Wildman–Crippen LogP) is 3.36. The molecule has 0 bridgehead atoms. The summed E-state index contributed by atoms with van der Waals surface area (Å²) in [6, 6.07) is 15.7. The van der Waals surface area contributed by atoms with Crippen LogP contribution >= 0.6 is 0 Å². The second-order valence-electron chi connectivity index (χ2n) is 5.97. The molecule has 2 N–H and O–H groups in total. The van der Waals surface area contributed by atoms with E-state index in [1.807, 2.05) is 6.07 Å². The van der Waals surface area contributed by atoms with Crippen LogP contribution in [0, 0.1) is 12.7 Å². The Hall–Kier alpha value is -2.36. The van der Waals surface area contributed by atoms with Gasteiger partial charge < -0.3 is 10.6 Å². The number of aliphatic imine (C=N–C) groups is 1. The molecule has 0 aliphatic heterocycles. The van der Waals surface area contributed by atoms with Crippen molar-refractivity contribution in [3.63, 3.8) is 0 Å². The fourth-order valence-electron chi connectivity index (χ4n) is 2.89. The van der Waals surface area contributed by atoms with Crippen molar-refractivity contribution in [1.82, 2.24) is 10.6 Å². The van der Waals surface area contributed by atoms with E-state index in [1.165, 1.54) is 17.2 Å². The second-order valence-corrected chi connectivity index (χ2v) is 5.97. The third-order valence-electron chi connectivity index (χ3n) is 4.33. The Balaban J connectivity index is 1.56. The largest absolute Gasteiger partial charge is 0.353 e. The molecule has 1 fully saturated rings. The van der Waals surface area contributed by atoms with Gasteiger partial charge in [0.2, 0.25) is 0 Å². The Bertz CT molecular complexity index is 711. The summed E-state index contributed by atoms with van der Waals surface area (Å²) in [6.45, 7) is 2.57. The Labute approximate surface area is 136 Å². The molecule has 0 spiro atoms. The van der Waals surface area contributed by atoms with Gasteiger partial charge in [-0.25, -0.2) is 4.39 Å². The van der Waals surface area contributed by atoms with Crippen LogP contribution in [0.2, 0.25) is 0 Å². The first kappa shape index (κ1) is 15.5. The minimum absolute atomic E-state index is 0.195. The summed E-state index contributed by atoms with van der Waals surface area (Å²) in [7, 11) is 1.74. The standard InChI is InChI=1S/C19H22FN3/c1-13-7-3-5-9-15(13)16-11-18(16)23-19(21-2)22-12-14-8-4-6-10-17(14)20/h3-10,16,18H,11-12H2,1-2H3,(H2,21,22,23). The maximum absolute atomic E-state index is 13.6. The van der Waals surface area contributed by atoms with E-state index in [0.29, 0.717) is 30.0 Å². The van der Waals surface area contributed by atoms with Gasteiger partial charge in [0.05, 0.1) is 0 Å². The summed E-state index contributed by atoms with van der Waals surface area (Å²) in [5.74, 6) is 1.05. The van der Waals surface area contributed by atoms with Crippen LogP contribution in [0.1, 0.15) is 29.0 Å². The lowest BCUT2D eigenvalue weighted by molar-refractivity contribution is 0.604. The Morgan fingerprint density at radius 2 is 1.91 bits per heavy atom. The highest BCUT2D eigenvalue weighted by atomic mass is 19.1. The number of aryl methyl sites for hydroxylation is 1. The molecule has 2 aromatic carbocycles. The van der Waals surface area contributed by atoms with Crippen LogP contribution in [0.25, 0.3) is 0 Å². The molecular weight excluding hydrogens is 289 g/mol. The molecule has 3 nitrogen and oxygen atoms in total. The summed E-state index contributed by atoms with van der Waals surface area (Å²) in [6.07, 6.45) is 1.10. The monoisotopic (exact) mass is 311 g/mol. The molecule has 1 aliphatic rings. The summed E-state index contributed by atoms with van der Waals surface area (Å²) < 4.78 is 13.6. The average molecular weight is 311 g/mol. The zero-order chi connectivity index (χ0) is 16.2. The molecule has 1 aliphatic carbocycles. The third-order valence-corrected chi connectivity index (χ3v) is 4.33. The van der Waals surface area contributed by atoms with Crippen molar-refractivity contribution in [2.45, 2.75) is 31.8 Å². The van der Waals surface area contributed by atoms with Gasteiger partial charge >= 0.3 is 0 Å². The van der Waals surface area contributed by atoms with E-state index in [-0.39, 0.29) is 5.82 Å². The molecule has 3 rings (SSSR count). The molecule has 0 radical (unpaired) electrons. The number of nitrogens with one attached hydrogen (secondary N) is 2. The average Bonchev–Trinajstić information content (AvgIpc) is 3.32. The van der Waals surface area contributed by atoms with Gasteiger partial charge in [-0.2, -0.15) is 0 Å². The quantitative estimate of drug-likeness (QED) is 0.671. The summed E-state index contributed by atoms with van der Waals surface area (Å²) in [4.78, 5) is 4.24. The number of rotatable bonds is 4. The Kier molecular flexibility index (Phi) is 4.60. The van der Waals surface area contributed by atoms with Gasteiger partial charge in [0.25, 0.3) is 0 Å². The Morgan fingerprint density at radius 3 is 2.65 bits per heavy atom. The van der Waals surface area contributed by atoms with Crippen LogP contribution < -0.4 is 10.6 Å². The van der Waals surface area contributed by atoms with Gasteiger partial charge in [-0.3, -0.25) is 4.99 Å². The lowest BCUT2D eigenvalue weighted by Gasteiger charge is -2.13. The molecule has 0 heterocycles. The topological polar surface area (TPSA) is 36.4 Å². The van der Waals surface area contributed by atoms with E-state index in [2.05, 4.69) is 46.8 Å². The number of hydrogen-bond acceptors (Lipinski definition) is 1. The number of benzene rings is 2. The smallest absolute Gasteiger partial charge is 0.191 e. The van der Waals surface area contributed by atoms with Gasteiger partial charge in [-0.05, 0) is 30.5 Å². The first-order chi connectivity index (χ1) is 11.2. The highest BCUT2D eigenvalue weighted by Gasteiger charge is 2.39. The van der Waals surface area contributed by atoms with Crippen molar-refractivity contribution in [2.24, 2.45) is 4.99 Å². The van der Waals surface area contributed by atoms with E-state index < -0.39 is 0 Å². The minimum atomic E-state index is -0.195. The van der Waals surface area contributed by atoms with Crippen molar-refractivity contribution in [3.05, 3.63) is 71.0 Å². The lowest BCUT2D eigenvalue weighted by Crippen LogP contribution is -2.38. The van der Waals surface area contributed by atoms with Gasteiger partial charge in [-0.15, -0.1) is 0 Å². The zero-order valence-corrected chi connectivity index (χ0v) is 13.5. The molecule has 0 aromatic heterocycles. The number of nitrogens with zero attached hydrogens (tertiary/aromatic N) is 1. The molecular formula is C19H22FN3. The highest BCUT2D eigenvalue weighted by molar-refractivity contribution is 5.80. The van der Waals surface area contributed by atoms with E-state index >= 15 is 0 Å². The second kappa shape index (κ2) is 6.82. The van der Waals surface area contributed by atoms with Gasteiger partial charge in [0, 0.05) is 31.1 Å². The molecule has 2 aromatic rings. The van der Waals surface area contributed by atoms with E-state index in [4.69, 9.17) is 0 Å². The number of guanidine groups is 1. The first-order valence-corrected chi connectivity index (χ1v) is 7.95. The van der Waals surface area contributed by atoms with Crippen LogP contribution in [0.5, 0.6) is 0 Å². The Morgan fingerprint density at radius 1 is 1.17 bits per heavy atom. The maximum atomic E-state index is 13.6. The van der Waals surface area contributed by atoms with Crippen LogP contribution in [0.4, 0.5) is 4.39 Å². The molecule has 1 saturated carbocycles. The van der Waals surface area contributed by atoms with Crippen molar-refractivity contribution in [2.75, 3.05) is 7.05 Å². The van der Waals surface area contributed by atoms with Crippen LogP contribution in [0.15, 0.2) is 53.5 Å². The molecule has 23 heavy (non-hydrogen) atoms. The van der Waals surface area contributed by atoms with Crippen molar-refractivity contribution in [3.8, 4) is 0 Å². The highest BCUT2D eigenvalue weighted by Crippen LogP contribution is 2.41. The third kappa shape index (κ3) is 3.70. The predicted molar refractivity (Wildman–Crippen MR) is 92.1 cm³/mol. The van der Waals surface area contributed by atoms with Gasteiger partial charge in [0.1, 0.15) is 5.82 Å². The van der Waals surface area contributed by atoms with Gasteiger partial charge in [-0.1, -0.05) is 42.5 Å². The van der Waals surface area contributed by atoms with Gasteiger partial charge in [0.15, 0.2) is 5.96 Å². The normalized spacial score (nSPS) is 20.2. The molecule has 2 atom stereocenters. The van der Waals surface area contributed by atoms with Crippen LogP contribution in [-0.4, -0.2) is 19.0 Å². The number of halogens is 1. The van der Waals surface area contributed by atoms with Crippen molar-refractivity contribution in [1.29, 1.82) is 0 Å². The number of hydrogen-bond donors (Lipinski definition) is 2. The summed E-state index contributed by atoms with van der Waals surface area (Å²) >= 11 is 0. The lowest BCUT2D eigenvalue weighted by atomic mass is 10.0. The first-order valence-electron chi connectivity index (χ1n) is 7.95. The van der Waals surface area contributed by atoms with E-state index in [0.717, 1.165) is 6.42 Å². The zero-order valence-electron chi connectivity index (χ0n) is 13.5. The molecule has 120 valence electrons. The molecule has 2 unspecified atom stereocenters. The molecule has 4 heteroatoms. The van der Waals surface area contributed by atoms with Crippen molar-refractivity contribution < 1.29 is 4.39 Å². The molecule has 0 amide bonds. The minimum Gasteiger partial charge on any atom is -0.353 e. The summed E-state index contributed by atoms with van der Waals surface area (Å²) in [5, 5.41) is 6.61. The fraction of sp³-hybridized carbons (Fsp3) is 0.316. The van der Waals surface area contributed by atoms with Crippen LogP contribution in [-0.2, 0) is 6.54 Å². The summed E-state index contributed by atoms with van der Waals surface area (Å²) in [5.41, 5.74) is 3.37.